The first kappa shape index (κ1) is 14.3. The first-order valence-electron chi connectivity index (χ1n) is 6.48. The maximum atomic E-state index is 11.9. The Balaban J connectivity index is 1.81. The molecular formula is C14H13ClN2O3S. The van der Waals surface area contributed by atoms with Crippen LogP contribution in [0.15, 0.2) is 36.5 Å². The highest BCUT2D eigenvalue weighted by Crippen LogP contribution is 2.23. The first-order chi connectivity index (χ1) is 9.93. The van der Waals surface area contributed by atoms with E-state index < -0.39 is 14.3 Å². The van der Waals surface area contributed by atoms with Crippen LogP contribution in [0.2, 0.25) is 0 Å². The van der Waals surface area contributed by atoms with E-state index in [4.69, 9.17) is 10.7 Å². The van der Waals surface area contributed by atoms with Crippen LogP contribution in [0, 0.1) is 0 Å². The third-order valence-electron chi connectivity index (χ3n) is 3.62. The predicted octanol–water partition coefficient (Wildman–Crippen LogP) is 1.90. The molecule has 0 aliphatic carbocycles. The van der Waals surface area contributed by atoms with Gasteiger partial charge in [-0.15, -0.1) is 0 Å². The van der Waals surface area contributed by atoms with Crippen LogP contribution in [-0.2, 0) is 20.4 Å². The summed E-state index contributed by atoms with van der Waals surface area (Å²) in [6, 6.07) is 9.71. The molecule has 5 nitrogen and oxygen atoms in total. The maximum absolute atomic E-state index is 11.9. The molecule has 3 rings (SSSR count). The van der Waals surface area contributed by atoms with E-state index in [0.717, 1.165) is 16.5 Å². The van der Waals surface area contributed by atoms with Gasteiger partial charge in [-0.1, -0.05) is 24.3 Å². The van der Waals surface area contributed by atoms with Crippen molar-refractivity contribution in [2.75, 3.05) is 6.54 Å². The van der Waals surface area contributed by atoms with Gasteiger partial charge in [0, 0.05) is 35.2 Å². The number of aromatic nitrogens is 1. The second-order valence-corrected chi connectivity index (χ2v) is 8.01. The average molecular weight is 325 g/mol. The number of benzene rings is 1. The number of fused-ring (bicyclic) bond motifs is 1. The molecule has 1 atom stereocenters. The fourth-order valence-corrected chi connectivity index (χ4v) is 3.55. The topological polar surface area (TPSA) is 67.3 Å². The molecule has 1 amide bonds. The number of halogens is 1. The lowest BCUT2D eigenvalue weighted by atomic mass is 10.1. The van der Waals surface area contributed by atoms with Crippen molar-refractivity contribution in [3.63, 3.8) is 0 Å². The van der Waals surface area contributed by atoms with Gasteiger partial charge in [-0.2, -0.15) is 0 Å². The van der Waals surface area contributed by atoms with Crippen LogP contribution in [-0.4, -0.2) is 36.0 Å². The highest BCUT2D eigenvalue weighted by Gasteiger charge is 2.37. The van der Waals surface area contributed by atoms with Gasteiger partial charge in [0.15, 0.2) is 0 Å². The fourth-order valence-electron chi connectivity index (χ4n) is 2.49. The van der Waals surface area contributed by atoms with E-state index in [1.165, 1.54) is 4.90 Å². The molecule has 1 aromatic carbocycles. The van der Waals surface area contributed by atoms with Crippen LogP contribution in [0.3, 0.4) is 0 Å². The van der Waals surface area contributed by atoms with Gasteiger partial charge in [-0.25, -0.2) is 8.42 Å². The lowest BCUT2D eigenvalue weighted by Crippen LogP contribution is -2.27. The highest BCUT2D eigenvalue weighted by atomic mass is 35.7. The van der Waals surface area contributed by atoms with Crippen molar-refractivity contribution in [1.29, 1.82) is 0 Å². The molecule has 1 saturated heterocycles. The van der Waals surface area contributed by atoms with Gasteiger partial charge in [0.25, 0.3) is 0 Å². The van der Waals surface area contributed by atoms with Gasteiger partial charge < -0.3 is 4.90 Å². The Morgan fingerprint density at radius 2 is 2.00 bits per heavy atom. The van der Waals surface area contributed by atoms with E-state index in [-0.39, 0.29) is 18.9 Å². The van der Waals surface area contributed by atoms with Crippen molar-refractivity contribution in [1.82, 2.24) is 9.88 Å². The number of pyridine rings is 1. The van der Waals surface area contributed by atoms with Gasteiger partial charge >= 0.3 is 0 Å². The standard InChI is InChI=1S/C14H13ClN2O3S/c15-21(19,20)13-6-14(18)17(9-13)8-12-5-10-3-1-2-4-11(10)7-16-12/h1-5,7,13H,6,8-9H2. The molecule has 0 radical (unpaired) electrons. The van der Waals surface area contributed by atoms with Gasteiger partial charge in [0.1, 0.15) is 5.25 Å². The van der Waals surface area contributed by atoms with Gasteiger partial charge in [0.05, 0.1) is 12.2 Å². The Bertz CT molecular complexity index is 807. The fraction of sp³-hybridized carbons (Fsp3) is 0.286. The van der Waals surface area contributed by atoms with E-state index in [9.17, 15) is 13.2 Å². The van der Waals surface area contributed by atoms with Crippen molar-refractivity contribution in [3.05, 3.63) is 42.2 Å². The minimum Gasteiger partial charge on any atom is -0.335 e. The zero-order valence-corrected chi connectivity index (χ0v) is 12.6. The minimum atomic E-state index is -3.71. The van der Waals surface area contributed by atoms with Crippen LogP contribution in [0.1, 0.15) is 12.1 Å². The largest absolute Gasteiger partial charge is 0.335 e. The smallest absolute Gasteiger partial charge is 0.237 e. The van der Waals surface area contributed by atoms with Gasteiger partial charge in [0.2, 0.25) is 15.0 Å². The number of amides is 1. The molecule has 1 unspecified atom stereocenters. The third kappa shape index (κ3) is 3.01. The molecule has 0 bridgehead atoms. The Morgan fingerprint density at radius 1 is 1.29 bits per heavy atom. The summed E-state index contributed by atoms with van der Waals surface area (Å²) in [4.78, 5) is 17.7. The predicted molar refractivity (Wildman–Crippen MR) is 80.3 cm³/mol. The van der Waals surface area contributed by atoms with Gasteiger partial charge in [-0.3, -0.25) is 9.78 Å². The van der Waals surface area contributed by atoms with E-state index in [0.29, 0.717) is 6.54 Å². The Hall–Kier alpha value is -1.66. The van der Waals surface area contributed by atoms with Crippen molar-refractivity contribution in [2.24, 2.45) is 0 Å². The summed E-state index contributed by atoms with van der Waals surface area (Å²) in [5.41, 5.74) is 0.731. The molecule has 2 aromatic rings. The molecule has 0 spiro atoms. The van der Waals surface area contributed by atoms with E-state index in [1.54, 1.807) is 6.20 Å². The van der Waals surface area contributed by atoms with Crippen LogP contribution in [0.4, 0.5) is 0 Å². The van der Waals surface area contributed by atoms with Gasteiger partial charge in [-0.05, 0) is 11.5 Å². The summed E-state index contributed by atoms with van der Waals surface area (Å²) in [5.74, 6) is -0.209. The average Bonchev–Trinajstić information content (AvgIpc) is 2.80. The molecule has 110 valence electrons. The number of hydrogen-bond acceptors (Lipinski definition) is 4. The number of nitrogens with zero attached hydrogens (tertiary/aromatic N) is 2. The lowest BCUT2D eigenvalue weighted by Gasteiger charge is -2.15. The number of likely N-dealkylation sites (tertiary alicyclic amines) is 1. The Kier molecular flexibility index (Phi) is 3.59. The van der Waals surface area contributed by atoms with E-state index in [1.807, 2.05) is 30.3 Å². The van der Waals surface area contributed by atoms with Crippen LogP contribution < -0.4 is 0 Å². The number of hydrogen-bond donors (Lipinski definition) is 0. The monoisotopic (exact) mass is 324 g/mol. The molecule has 2 heterocycles. The SMILES string of the molecule is O=C1CC(S(=O)(=O)Cl)CN1Cc1cc2ccccc2cn1. The second-order valence-electron chi connectivity index (χ2n) is 5.10. The summed E-state index contributed by atoms with van der Waals surface area (Å²) >= 11 is 0. The molecule has 1 fully saturated rings. The molecule has 1 aromatic heterocycles. The minimum absolute atomic E-state index is 0.0561. The maximum Gasteiger partial charge on any atom is 0.237 e. The Morgan fingerprint density at radius 3 is 2.67 bits per heavy atom. The lowest BCUT2D eigenvalue weighted by molar-refractivity contribution is -0.128. The molecular weight excluding hydrogens is 312 g/mol. The summed E-state index contributed by atoms with van der Waals surface area (Å²) in [6.07, 6.45) is 1.69. The molecule has 21 heavy (non-hydrogen) atoms. The van der Waals surface area contributed by atoms with Crippen LogP contribution in [0.5, 0.6) is 0 Å². The number of rotatable bonds is 3. The summed E-state index contributed by atoms with van der Waals surface area (Å²) in [5, 5.41) is 1.23. The zero-order valence-electron chi connectivity index (χ0n) is 11.1. The highest BCUT2D eigenvalue weighted by molar-refractivity contribution is 8.14. The molecule has 1 aliphatic heterocycles. The van der Waals surface area contributed by atoms with Crippen molar-refractivity contribution in [2.45, 2.75) is 18.2 Å². The van der Waals surface area contributed by atoms with Crippen LogP contribution >= 0.6 is 10.7 Å². The van der Waals surface area contributed by atoms with E-state index >= 15 is 0 Å². The zero-order chi connectivity index (χ0) is 15.0. The Labute approximate surface area is 127 Å². The normalized spacial score (nSPS) is 19.4. The molecule has 1 aliphatic rings. The van der Waals surface area contributed by atoms with E-state index in [2.05, 4.69) is 4.98 Å². The molecule has 0 N–H and O–H groups in total. The second kappa shape index (κ2) is 5.27. The van der Waals surface area contributed by atoms with Crippen LogP contribution in [0.25, 0.3) is 10.8 Å². The summed E-state index contributed by atoms with van der Waals surface area (Å²) in [7, 11) is 1.62. The number of carbonyl (C=O) groups excluding carboxylic acids is 1. The third-order valence-corrected chi connectivity index (χ3v) is 5.49. The van der Waals surface area contributed by atoms with Crippen molar-refractivity contribution in [3.8, 4) is 0 Å². The molecule has 0 saturated carbocycles. The quantitative estimate of drug-likeness (QED) is 0.809. The summed E-state index contributed by atoms with van der Waals surface area (Å²) < 4.78 is 22.6. The number of carbonyl (C=O) groups is 1. The summed E-state index contributed by atoms with van der Waals surface area (Å²) in [6.45, 7) is 0.422. The molecule has 7 heteroatoms. The first-order valence-corrected chi connectivity index (χ1v) is 8.85. The van der Waals surface area contributed by atoms with Crippen molar-refractivity contribution < 1.29 is 13.2 Å². The van der Waals surface area contributed by atoms with Crippen molar-refractivity contribution >= 4 is 36.4 Å².